The Balaban J connectivity index is 1.64. The van der Waals surface area contributed by atoms with Crippen LogP contribution in [0, 0.1) is 13.8 Å². The van der Waals surface area contributed by atoms with Crippen molar-refractivity contribution in [2.45, 2.75) is 33.6 Å². The molecule has 2 aromatic rings. The molecule has 1 saturated heterocycles. The van der Waals surface area contributed by atoms with E-state index in [1.807, 2.05) is 39.0 Å². The van der Waals surface area contributed by atoms with Gasteiger partial charge in [0.2, 0.25) is 10.0 Å². The highest BCUT2D eigenvalue weighted by Crippen LogP contribution is 2.17. The van der Waals surface area contributed by atoms with E-state index in [9.17, 15) is 8.42 Å². The summed E-state index contributed by atoms with van der Waals surface area (Å²) >= 11 is 0. The minimum absolute atomic E-state index is 0.237. The van der Waals surface area contributed by atoms with Crippen LogP contribution in [0.2, 0.25) is 0 Å². The third-order valence-corrected chi connectivity index (χ3v) is 6.53. The Morgan fingerprint density at radius 2 is 1.69 bits per heavy atom. The molecule has 1 aliphatic heterocycles. The van der Waals surface area contributed by atoms with Crippen molar-refractivity contribution in [2.24, 2.45) is 0 Å². The molecule has 0 amide bonds. The zero-order valence-corrected chi connectivity index (χ0v) is 16.4. The zero-order chi connectivity index (χ0) is 18.7. The predicted molar refractivity (Wildman–Crippen MR) is 101 cm³/mol. The number of sulfonamides is 1. The molecule has 0 unspecified atom stereocenters. The summed E-state index contributed by atoms with van der Waals surface area (Å²) in [5.74, 6) is 1.68. The predicted octanol–water partition coefficient (Wildman–Crippen LogP) is 1.53. The van der Waals surface area contributed by atoms with E-state index in [-0.39, 0.29) is 5.75 Å². The first-order chi connectivity index (χ1) is 12.4. The van der Waals surface area contributed by atoms with Crippen molar-refractivity contribution in [3.63, 3.8) is 0 Å². The molecule has 0 atom stereocenters. The number of nitrogens with zero attached hydrogens (tertiary/aromatic N) is 6. The molecule has 0 N–H and O–H groups in total. The number of hydrogen-bond acceptors (Lipinski definition) is 6. The van der Waals surface area contributed by atoms with Gasteiger partial charge in [-0.05, 0) is 38.5 Å². The lowest BCUT2D eigenvalue weighted by Crippen LogP contribution is -2.49. The summed E-state index contributed by atoms with van der Waals surface area (Å²) in [4.78, 5) is 2.07. The average Bonchev–Trinajstić information content (AvgIpc) is 2.98. The highest BCUT2D eigenvalue weighted by Gasteiger charge is 2.27. The third kappa shape index (κ3) is 4.04. The van der Waals surface area contributed by atoms with Gasteiger partial charge in [0.25, 0.3) is 0 Å². The molecule has 26 heavy (non-hydrogen) atoms. The van der Waals surface area contributed by atoms with Gasteiger partial charge in [0.1, 0.15) is 0 Å². The molecule has 0 aliphatic carbocycles. The second-order valence-electron chi connectivity index (χ2n) is 6.64. The first-order valence-corrected chi connectivity index (χ1v) is 10.6. The van der Waals surface area contributed by atoms with Gasteiger partial charge in [-0.3, -0.25) is 0 Å². The van der Waals surface area contributed by atoms with Crippen LogP contribution in [0.15, 0.2) is 18.2 Å². The summed E-state index contributed by atoms with van der Waals surface area (Å²) in [7, 11) is -3.14. The number of anilines is 1. The third-order valence-electron chi connectivity index (χ3n) is 4.57. The maximum absolute atomic E-state index is 12.3. The summed E-state index contributed by atoms with van der Waals surface area (Å²) in [5, 5.41) is 13.0. The van der Waals surface area contributed by atoms with Crippen LogP contribution in [0.3, 0.4) is 0 Å². The molecule has 0 saturated carbocycles. The maximum Gasteiger partial charge on any atom is 0.214 e. The first-order valence-electron chi connectivity index (χ1n) is 9.01. The molecule has 142 valence electrons. The van der Waals surface area contributed by atoms with Gasteiger partial charge >= 0.3 is 0 Å². The van der Waals surface area contributed by atoms with Crippen LogP contribution in [0.4, 0.5) is 5.82 Å². The molecule has 0 aromatic carbocycles. The molecule has 8 nitrogen and oxygen atoms in total. The van der Waals surface area contributed by atoms with E-state index in [0.29, 0.717) is 38.4 Å². The molecular weight excluding hydrogens is 352 g/mol. The Kier molecular flexibility index (Phi) is 5.57. The number of aromatic nitrogens is 4. The Labute approximate surface area is 154 Å². The molecule has 9 heteroatoms. The lowest BCUT2D eigenvalue weighted by Gasteiger charge is -2.34. The van der Waals surface area contributed by atoms with Crippen LogP contribution in [0.25, 0.3) is 5.82 Å². The largest absolute Gasteiger partial charge is 0.352 e. The smallest absolute Gasteiger partial charge is 0.214 e. The number of rotatable bonds is 6. The van der Waals surface area contributed by atoms with Crippen molar-refractivity contribution in [3.8, 4) is 5.82 Å². The number of hydrogen-bond donors (Lipinski definition) is 0. The Morgan fingerprint density at radius 1 is 1.04 bits per heavy atom. The van der Waals surface area contributed by atoms with Crippen LogP contribution in [0.1, 0.15) is 31.2 Å². The quantitative estimate of drug-likeness (QED) is 0.758. The number of aryl methyl sites for hydroxylation is 2. The fourth-order valence-corrected chi connectivity index (χ4v) is 4.74. The summed E-state index contributed by atoms with van der Waals surface area (Å²) < 4.78 is 27.9. The second-order valence-corrected chi connectivity index (χ2v) is 8.73. The van der Waals surface area contributed by atoms with Crippen molar-refractivity contribution >= 4 is 15.8 Å². The van der Waals surface area contributed by atoms with Gasteiger partial charge in [0.05, 0.1) is 11.4 Å². The molecule has 3 rings (SSSR count). The molecule has 2 aromatic heterocycles. The Bertz CT molecular complexity index is 839. The number of unbranched alkanes of at least 4 members (excludes halogenated alkanes) is 1. The van der Waals surface area contributed by atoms with Crippen molar-refractivity contribution in [1.82, 2.24) is 24.3 Å². The standard InChI is InChI=1S/C17H26N6O2S/c1-4-5-12-26(24,25)22-10-8-21(9-11-22)16-6-7-17(19-18-16)23-15(3)13-14(2)20-23/h6-7,13H,4-5,8-12H2,1-3H3. The topological polar surface area (TPSA) is 84.2 Å². The Hall–Kier alpha value is -2.00. The molecule has 3 heterocycles. The molecule has 1 aliphatic rings. The highest BCUT2D eigenvalue weighted by molar-refractivity contribution is 7.89. The summed E-state index contributed by atoms with van der Waals surface area (Å²) in [6.07, 6.45) is 1.60. The van der Waals surface area contributed by atoms with Gasteiger partial charge in [-0.15, -0.1) is 10.2 Å². The van der Waals surface area contributed by atoms with E-state index in [1.165, 1.54) is 0 Å². The van der Waals surface area contributed by atoms with Gasteiger partial charge in [-0.25, -0.2) is 13.1 Å². The fourth-order valence-electron chi connectivity index (χ4n) is 3.11. The van der Waals surface area contributed by atoms with Gasteiger partial charge in [0.15, 0.2) is 11.6 Å². The average molecular weight is 379 g/mol. The second kappa shape index (κ2) is 7.71. The molecule has 0 spiro atoms. The van der Waals surface area contributed by atoms with Gasteiger partial charge in [-0.2, -0.15) is 9.40 Å². The fraction of sp³-hybridized carbons (Fsp3) is 0.588. The summed E-state index contributed by atoms with van der Waals surface area (Å²) in [6.45, 7) is 8.16. The maximum atomic E-state index is 12.3. The van der Waals surface area contributed by atoms with E-state index in [4.69, 9.17) is 0 Å². The summed E-state index contributed by atoms with van der Waals surface area (Å²) in [5.41, 5.74) is 1.95. The first kappa shape index (κ1) is 18.8. The van der Waals surface area contributed by atoms with E-state index in [2.05, 4.69) is 20.2 Å². The molecule has 0 bridgehead atoms. The lowest BCUT2D eigenvalue weighted by atomic mass is 10.3. The number of piperazine rings is 1. The van der Waals surface area contributed by atoms with Crippen LogP contribution < -0.4 is 4.90 Å². The minimum atomic E-state index is -3.14. The van der Waals surface area contributed by atoms with Crippen molar-refractivity contribution in [1.29, 1.82) is 0 Å². The van der Waals surface area contributed by atoms with Crippen LogP contribution in [0.5, 0.6) is 0 Å². The van der Waals surface area contributed by atoms with E-state index in [0.717, 1.165) is 23.6 Å². The Morgan fingerprint density at radius 3 is 2.23 bits per heavy atom. The molecular formula is C17H26N6O2S. The van der Waals surface area contributed by atoms with Crippen LogP contribution in [-0.2, 0) is 10.0 Å². The normalized spacial score (nSPS) is 16.2. The van der Waals surface area contributed by atoms with Crippen molar-refractivity contribution in [2.75, 3.05) is 36.8 Å². The zero-order valence-electron chi connectivity index (χ0n) is 15.6. The van der Waals surface area contributed by atoms with Gasteiger partial charge < -0.3 is 4.90 Å². The summed E-state index contributed by atoms with van der Waals surface area (Å²) in [6, 6.07) is 5.81. The van der Waals surface area contributed by atoms with Crippen LogP contribution in [-0.4, -0.2) is 64.6 Å². The van der Waals surface area contributed by atoms with Crippen molar-refractivity contribution in [3.05, 3.63) is 29.6 Å². The van der Waals surface area contributed by atoms with Crippen molar-refractivity contribution < 1.29 is 8.42 Å². The SMILES string of the molecule is CCCCS(=O)(=O)N1CCN(c2ccc(-n3nc(C)cc3C)nn2)CC1. The van der Waals surface area contributed by atoms with E-state index >= 15 is 0 Å². The van der Waals surface area contributed by atoms with E-state index in [1.54, 1.807) is 8.99 Å². The highest BCUT2D eigenvalue weighted by atomic mass is 32.2. The lowest BCUT2D eigenvalue weighted by molar-refractivity contribution is 0.383. The van der Waals surface area contributed by atoms with Gasteiger partial charge in [-0.1, -0.05) is 13.3 Å². The van der Waals surface area contributed by atoms with Gasteiger partial charge in [0, 0.05) is 31.9 Å². The van der Waals surface area contributed by atoms with Crippen LogP contribution >= 0.6 is 0 Å². The monoisotopic (exact) mass is 378 g/mol. The minimum Gasteiger partial charge on any atom is -0.352 e. The molecule has 1 fully saturated rings. The van der Waals surface area contributed by atoms with E-state index < -0.39 is 10.0 Å². The molecule has 0 radical (unpaired) electrons.